The standard InChI is InChI=1S/C21H35FO3Si/c1-21(2,26(4,5)23)14-17(16-9-7-6-8-10-16)15-25-20-12-11-18(24-3)13-19(20)22/h6-10,17-20,23H,11-15H2,1-5H3/t17?,18-,19+,20+/m1/s1. The van der Waals surface area contributed by atoms with Gasteiger partial charge in [-0.25, -0.2) is 4.39 Å². The summed E-state index contributed by atoms with van der Waals surface area (Å²) in [5, 5.41) is -0.153. The van der Waals surface area contributed by atoms with Gasteiger partial charge in [0.05, 0.1) is 18.8 Å². The predicted octanol–water partition coefficient (Wildman–Crippen LogP) is 5.06. The van der Waals surface area contributed by atoms with Crippen molar-refractivity contribution < 1.29 is 18.7 Å². The van der Waals surface area contributed by atoms with Gasteiger partial charge in [0.25, 0.3) is 0 Å². The number of hydrogen-bond donors (Lipinski definition) is 1. The Morgan fingerprint density at radius 2 is 1.88 bits per heavy atom. The maximum Gasteiger partial charge on any atom is 0.188 e. The van der Waals surface area contributed by atoms with E-state index < -0.39 is 14.5 Å². The number of ether oxygens (including phenoxy) is 2. The van der Waals surface area contributed by atoms with E-state index in [1.165, 1.54) is 5.56 Å². The minimum atomic E-state index is -2.32. The van der Waals surface area contributed by atoms with E-state index in [4.69, 9.17) is 9.47 Å². The quantitative estimate of drug-likeness (QED) is 0.639. The third kappa shape index (κ3) is 5.62. The summed E-state index contributed by atoms with van der Waals surface area (Å²) in [7, 11) is -0.677. The highest BCUT2D eigenvalue weighted by atomic mass is 28.4. The normalized spacial score (nSPS) is 25.9. The first-order chi connectivity index (χ1) is 12.1. The summed E-state index contributed by atoms with van der Waals surface area (Å²) in [5.74, 6) is 0.150. The lowest BCUT2D eigenvalue weighted by Crippen LogP contribution is -2.41. The molecule has 0 amide bonds. The highest BCUT2D eigenvalue weighted by molar-refractivity contribution is 6.72. The van der Waals surface area contributed by atoms with Crippen molar-refractivity contribution in [2.75, 3.05) is 13.7 Å². The Labute approximate surface area is 159 Å². The molecular formula is C21H35FO3Si. The van der Waals surface area contributed by atoms with Gasteiger partial charge in [-0.05, 0) is 43.0 Å². The van der Waals surface area contributed by atoms with E-state index in [0.717, 1.165) is 12.8 Å². The molecule has 5 heteroatoms. The van der Waals surface area contributed by atoms with E-state index in [0.29, 0.717) is 19.4 Å². The van der Waals surface area contributed by atoms with Crippen molar-refractivity contribution in [3.8, 4) is 0 Å². The summed E-state index contributed by atoms with van der Waals surface area (Å²) < 4.78 is 25.8. The van der Waals surface area contributed by atoms with Gasteiger partial charge in [-0.3, -0.25) is 0 Å². The molecular weight excluding hydrogens is 347 g/mol. The molecule has 0 radical (unpaired) electrons. The molecule has 2 rings (SSSR count). The van der Waals surface area contributed by atoms with E-state index >= 15 is 0 Å². The van der Waals surface area contributed by atoms with Crippen LogP contribution in [0, 0.1) is 0 Å². The molecule has 1 aliphatic rings. The average Bonchev–Trinajstić information content (AvgIpc) is 2.59. The Morgan fingerprint density at radius 3 is 2.42 bits per heavy atom. The second kappa shape index (κ2) is 8.96. The van der Waals surface area contributed by atoms with Crippen molar-refractivity contribution >= 4 is 8.32 Å². The van der Waals surface area contributed by atoms with Crippen LogP contribution in [-0.2, 0) is 9.47 Å². The van der Waals surface area contributed by atoms with Crippen molar-refractivity contribution in [2.45, 2.75) is 82.0 Å². The van der Waals surface area contributed by atoms with Crippen molar-refractivity contribution in [1.82, 2.24) is 0 Å². The second-order valence-electron chi connectivity index (χ2n) is 8.81. The smallest absolute Gasteiger partial charge is 0.188 e. The summed E-state index contributed by atoms with van der Waals surface area (Å²) in [5.41, 5.74) is 1.19. The molecule has 1 unspecified atom stereocenters. The lowest BCUT2D eigenvalue weighted by atomic mass is 9.89. The largest absolute Gasteiger partial charge is 0.432 e. The van der Waals surface area contributed by atoms with Crippen LogP contribution in [0.4, 0.5) is 4.39 Å². The zero-order valence-electron chi connectivity index (χ0n) is 16.9. The van der Waals surface area contributed by atoms with Gasteiger partial charge in [0.2, 0.25) is 0 Å². The van der Waals surface area contributed by atoms with Gasteiger partial charge in [0.1, 0.15) is 6.17 Å². The number of rotatable bonds is 8. The molecule has 0 bridgehead atoms. The molecule has 0 spiro atoms. The van der Waals surface area contributed by atoms with Crippen LogP contribution >= 0.6 is 0 Å². The average molecular weight is 383 g/mol. The fourth-order valence-electron chi connectivity index (χ4n) is 3.56. The molecule has 3 nitrogen and oxygen atoms in total. The summed E-state index contributed by atoms with van der Waals surface area (Å²) in [6.07, 6.45) is 1.48. The molecule has 0 aliphatic heterocycles. The molecule has 1 aliphatic carbocycles. The molecule has 1 N–H and O–H groups in total. The molecule has 0 heterocycles. The molecule has 1 saturated carbocycles. The summed E-state index contributed by atoms with van der Waals surface area (Å²) in [6.45, 7) is 8.73. The Kier molecular flexibility index (Phi) is 7.42. The first kappa shape index (κ1) is 21.5. The molecule has 0 saturated heterocycles. The minimum Gasteiger partial charge on any atom is -0.432 e. The Bertz CT molecular complexity index is 544. The lowest BCUT2D eigenvalue weighted by Gasteiger charge is -2.39. The zero-order valence-corrected chi connectivity index (χ0v) is 17.9. The lowest BCUT2D eigenvalue weighted by molar-refractivity contribution is -0.0678. The molecule has 1 fully saturated rings. The number of benzene rings is 1. The van der Waals surface area contributed by atoms with E-state index in [-0.39, 0.29) is 23.2 Å². The highest BCUT2D eigenvalue weighted by Crippen LogP contribution is 2.44. The van der Waals surface area contributed by atoms with Crippen LogP contribution < -0.4 is 0 Å². The van der Waals surface area contributed by atoms with Crippen LogP contribution in [0.15, 0.2) is 30.3 Å². The molecule has 1 aromatic carbocycles. The molecule has 1 aromatic rings. The van der Waals surface area contributed by atoms with Crippen molar-refractivity contribution in [3.63, 3.8) is 0 Å². The molecule has 26 heavy (non-hydrogen) atoms. The van der Waals surface area contributed by atoms with Crippen LogP contribution in [0.1, 0.15) is 51.0 Å². The van der Waals surface area contributed by atoms with Gasteiger partial charge in [-0.2, -0.15) is 0 Å². The Morgan fingerprint density at radius 1 is 1.23 bits per heavy atom. The maximum absolute atomic E-state index is 14.4. The number of hydrogen-bond acceptors (Lipinski definition) is 3. The van der Waals surface area contributed by atoms with E-state index in [1.807, 2.05) is 31.3 Å². The van der Waals surface area contributed by atoms with Gasteiger partial charge in [-0.15, -0.1) is 0 Å². The van der Waals surface area contributed by atoms with Gasteiger partial charge >= 0.3 is 0 Å². The topological polar surface area (TPSA) is 38.7 Å². The first-order valence-corrected chi connectivity index (χ1v) is 12.6. The van der Waals surface area contributed by atoms with E-state index in [9.17, 15) is 9.19 Å². The summed E-state index contributed by atoms with van der Waals surface area (Å²) in [4.78, 5) is 10.7. The Hall–Kier alpha value is -0.753. The van der Waals surface area contributed by atoms with E-state index in [2.05, 4.69) is 26.0 Å². The molecule has 4 atom stereocenters. The minimum absolute atomic E-state index is 0.00916. The van der Waals surface area contributed by atoms with Crippen LogP contribution in [0.25, 0.3) is 0 Å². The third-order valence-corrected chi connectivity index (χ3v) is 9.71. The predicted molar refractivity (Wildman–Crippen MR) is 107 cm³/mol. The third-order valence-electron chi connectivity index (χ3n) is 6.19. The van der Waals surface area contributed by atoms with Crippen molar-refractivity contribution in [3.05, 3.63) is 35.9 Å². The van der Waals surface area contributed by atoms with Crippen molar-refractivity contribution in [2.24, 2.45) is 0 Å². The van der Waals surface area contributed by atoms with Crippen molar-refractivity contribution in [1.29, 1.82) is 0 Å². The van der Waals surface area contributed by atoms with Gasteiger partial charge in [0, 0.05) is 19.4 Å². The van der Waals surface area contributed by atoms with Crippen LogP contribution in [0.3, 0.4) is 0 Å². The monoisotopic (exact) mass is 382 g/mol. The highest BCUT2D eigenvalue weighted by Gasteiger charge is 2.40. The SMILES string of the molecule is CO[C@@H]1CC[C@H](OCC(CC(C)(C)[Si](C)(C)O)c2ccccc2)[C@@H](F)C1. The summed E-state index contributed by atoms with van der Waals surface area (Å²) >= 11 is 0. The molecule has 148 valence electrons. The van der Waals surface area contributed by atoms with Gasteiger partial charge in [0.15, 0.2) is 8.32 Å². The van der Waals surface area contributed by atoms with Crippen LogP contribution in [-0.4, -0.2) is 45.2 Å². The molecule has 0 aromatic heterocycles. The second-order valence-corrected chi connectivity index (χ2v) is 13.3. The fourth-order valence-corrected chi connectivity index (χ4v) is 4.30. The fraction of sp³-hybridized carbons (Fsp3) is 0.714. The van der Waals surface area contributed by atoms with Gasteiger partial charge in [-0.1, -0.05) is 44.2 Å². The first-order valence-electron chi connectivity index (χ1n) is 9.70. The zero-order chi connectivity index (χ0) is 19.4. The van der Waals surface area contributed by atoms with Crippen LogP contribution in [0.2, 0.25) is 18.1 Å². The van der Waals surface area contributed by atoms with Gasteiger partial charge < -0.3 is 14.3 Å². The van der Waals surface area contributed by atoms with Crippen LogP contribution in [0.5, 0.6) is 0 Å². The van der Waals surface area contributed by atoms with E-state index in [1.54, 1.807) is 7.11 Å². The Balaban J connectivity index is 2.06. The summed E-state index contributed by atoms with van der Waals surface area (Å²) in [6, 6.07) is 10.3. The number of alkyl halides is 1. The number of halogens is 1. The maximum atomic E-state index is 14.4. The number of methoxy groups -OCH3 is 1.